The van der Waals surface area contributed by atoms with E-state index in [4.69, 9.17) is 5.11 Å². The third-order valence-electron chi connectivity index (χ3n) is 1.88. The third kappa shape index (κ3) is 3.06. The van der Waals surface area contributed by atoms with Gasteiger partial charge < -0.3 is 5.11 Å². The summed E-state index contributed by atoms with van der Waals surface area (Å²) in [6.07, 6.45) is 4.13. The van der Waals surface area contributed by atoms with E-state index in [2.05, 4.69) is 27.8 Å². The number of aromatic nitrogens is 1. The second-order valence-corrected chi connectivity index (χ2v) is 5.36. The fraction of sp³-hybridized carbons (Fsp3) is 0.556. The van der Waals surface area contributed by atoms with Gasteiger partial charge in [-0.25, -0.2) is 9.78 Å². The van der Waals surface area contributed by atoms with E-state index >= 15 is 0 Å². The van der Waals surface area contributed by atoms with E-state index in [1.807, 2.05) is 0 Å². The average molecular weight is 278 g/mol. The third-order valence-corrected chi connectivity index (χ3v) is 3.45. The summed E-state index contributed by atoms with van der Waals surface area (Å²) in [6, 6.07) is 0. The molecule has 5 heteroatoms. The van der Waals surface area contributed by atoms with Crippen LogP contribution in [0.4, 0.5) is 0 Å². The van der Waals surface area contributed by atoms with E-state index in [9.17, 15) is 4.79 Å². The minimum absolute atomic E-state index is 0.206. The van der Waals surface area contributed by atoms with Gasteiger partial charge in [-0.15, -0.1) is 11.3 Å². The molecule has 3 nitrogen and oxygen atoms in total. The SMILES string of the molecule is CCCCCc1sc(Br)nc1C(=O)O. The molecular weight excluding hydrogens is 266 g/mol. The van der Waals surface area contributed by atoms with Crippen LogP contribution in [-0.2, 0) is 6.42 Å². The van der Waals surface area contributed by atoms with Crippen molar-refractivity contribution in [1.29, 1.82) is 0 Å². The normalized spacial score (nSPS) is 10.4. The van der Waals surface area contributed by atoms with Crippen molar-refractivity contribution in [2.75, 3.05) is 0 Å². The number of thiazole rings is 1. The van der Waals surface area contributed by atoms with Gasteiger partial charge in [-0.1, -0.05) is 19.8 Å². The second-order valence-electron chi connectivity index (χ2n) is 3.00. The Morgan fingerprint density at radius 2 is 2.29 bits per heavy atom. The molecule has 0 aliphatic heterocycles. The van der Waals surface area contributed by atoms with Crippen LogP contribution in [0.5, 0.6) is 0 Å². The molecule has 0 saturated carbocycles. The van der Waals surface area contributed by atoms with Gasteiger partial charge >= 0.3 is 5.97 Å². The minimum atomic E-state index is -0.932. The molecule has 0 aromatic carbocycles. The molecule has 78 valence electrons. The maximum absolute atomic E-state index is 10.8. The molecule has 0 unspecified atom stereocenters. The number of hydrogen-bond acceptors (Lipinski definition) is 3. The summed E-state index contributed by atoms with van der Waals surface area (Å²) in [5.41, 5.74) is 0.206. The van der Waals surface area contributed by atoms with Crippen LogP contribution in [-0.4, -0.2) is 16.1 Å². The Balaban J connectivity index is 2.69. The average Bonchev–Trinajstić information content (AvgIpc) is 2.47. The molecule has 14 heavy (non-hydrogen) atoms. The number of rotatable bonds is 5. The van der Waals surface area contributed by atoms with Gasteiger partial charge in [0.1, 0.15) is 0 Å². The zero-order valence-electron chi connectivity index (χ0n) is 7.92. The summed E-state index contributed by atoms with van der Waals surface area (Å²) < 4.78 is 0.654. The zero-order chi connectivity index (χ0) is 10.6. The van der Waals surface area contributed by atoms with Gasteiger partial charge in [-0.05, 0) is 28.8 Å². The zero-order valence-corrected chi connectivity index (χ0v) is 10.3. The lowest BCUT2D eigenvalue weighted by Gasteiger charge is -1.96. The first kappa shape index (κ1) is 11.7. The molecule has 0 bridgehead atoms. The number of carboxylic acids is 1. The molecule has 1 heterocycles. The van der Waals surface area contributed by atoms with Gasteiger partial charge in [0.15, 0.2) is 9.61 Å². The van der Waals surface area contributed by atoms with Crippen LogP contribution in [0, 0.1) is 0 Å². The van der Waals surface area contributed by atoms with Crippen LogP contribution >= 0.6 is 27.3 Å². The predicted octanol–water partition coefficient (Wildman–Crippen LogP) is 3.34. The molecule has 0 atom stereocenters. The summed E-state index contributed by atoms with van der Waals surface area (Å²) in [7, 11) is 0. The Kier molecular flexibility index (Phi) is 4.54. The Morgan fingerprint density at radius 1 is 1.57 bits per heavy atom. The molecule has 0 aliphatic rings. The van der Waals surface area contributed by atoms with E-state index in [0.29, 0.717) is 3.92 Å². The molecule has 0 spiro atoms. The molecule has 1 aromatic heterocycles. The molecule has 1 aromatic rings. The highest BCUT2D eigenvalue weighted by atomic mass is 79.9. The number of unbranched alkanes of at least 4 members (excludes halogenated alkanes) is 2. The first-order valence-corrected chi connectivity index (χ1v) is 6.14. The van der Waals surface area contributed by atoms with E-state index in [0.717, 1.165) is 30.6 Å². The molecule has 1 rings (SSSR count). The highest BCUT2D eigenvalue weighted by Gasteiger charge is 2.15. The number of nitrogens with zero attached hydrogens (tertiary/aromatic N) is 1. The highest BCUT2D eigenvalue weighted by molar-refractivity contribution is 9.11. The maximum atomic E-state index is 10.8. The summed E-state index contributed by atoms with van der Waals surface area (Å²) >= 11 is 4.62. The fourth-order valence-corrected chi connectivity index (χ4v) is 2.77. The van der Waals surface area contributed by atoms with Gasteiger partial charge in [-0.2, -0.15) is 0 Å². The van der Waals surface area contributed by atoms with Crippen LogP contribution in [0.25, 0.3) is 0 Å². The van der Waals surface area contributed by atoms with Crippen molar-refractivity contribution in [3.63, 3.8) is 0 Å². The first-order chi connectivity index (χ1) is 6.65. The summed E-state index contributed by atoms with van der Waals surface area (Å²) in [5.74, 6) is -0.932. The van der Waals surface area contributed by atoms with Gasteiger partial charge in [0.05, 0.1) is 0 Å². The van der Waals surface area contributed by atoms with E-state index < -0.39 is 5.97 Å². The number of aromatic carboxylic acids is 1. The number of carboxylic acid groups (broad SMARTS) is 1. The smallest absolute Gasteiger partial charge is 0.355 e. The fourth-order valence-electron chi connectivity index (χ4n) is 1.20. The summed E-state index contributed by atoms with van der Waals surface area (Å²) in [5, 5.41) is 8.86. The lowest BCUT2D eigenvalue weighted by Crippen LogP contribution is -2.00. The Morgan fingerprint density at radius 3 is 2.86 bits per heavy atom. The standard InChI is InChI=1S/C9H12BrNO2S/c1-2-3-4-5-6-7(8(12)13)11-9(10)14-6/h2-5H2,1H3,(H,12,13). The summed E-state index contributed by atoms with van der Waals surface area (Å²) in [6.45, 7) is 2.13. The lowest BCUT2D eigenvalue weighted by atomic mass is 10.1. The quantitative estimate of drug-likeness (QED) is 0.840. The molecule has 0 fully saturated rings. The highest BCUT2D eigenvalue weighted by Crippen LogP contribution is 2.25. The van der Waals surface area contributed by atoms with Crippen molar-refractivity contribution < 1.29 is 9.90 Å². The number of halogens is 1. The van der Waals surface area contributed by atoms with E-state index in [-0.39, 0.29) is 5.69 Å². The van der Waals surface area contributed by atoms with Crippen molar-refractivity contribution >= 4 is 33.2 Å². The molecule has 1 N–H and O–H groups in total. The molecular formula is C9H12BrNO2S. The Labute approximate surface area is 95.3 Å². The van der Waals surface area contributed by atoms with Crippen molar-refractivity contribution in [2.45, 2.75) is 32.6 Å². The first-order valence-electron chi connectivity index (χ1n) is 4.53. The predicted molar refractivity (Wildman–Crippen MR) is 60.0 cm³/mol. The number of hydrogen-bond donors (Lipinski definition) is 1. The molecule has 0 saturated heterocycles. The van der Waals surface area contributed by atoms with Crippen LogP contribution < -0.4 is 0 Å². The summed E-state index contributed by atoms with van der Waals surface area (Å²) in [4.78, 5) is 15.6. The second kappa shape index (κ2) is 5.46. The molecule has 0 aliphatic carbocycles. The van der Waals surface area contributed by atoms with Crippen LogP contribution in [0.2, 0.25) is 0 Å². The van der Waals surface area contributed by atoms with Crippen molar-refractivity contribution in [3.05, 3.63) is 14.5 Å². The van der Waals surface area contributed by atoms with Crippen molar-refractivity contribution in [1.82, 2.24) is 4.98 Å². The number of aryl methyl sites for hydroxylation is 1. The number of carbonyl (C=O) groups is 1. The van der Waals surface area contributed by atoms with Crippen LogP contribution in [0.1, 0.15) is 41.6 Å². The van der Waals surface area contributed by atoms with Crippen molar-refractivity contribution in [3.8, 4) is 0 Å². The largest absolute Gasteiger partial charge is 0.476 e. The molecule has 0 amide bonds. The van der Waals surface area contributed by atoms with Gasteiger partial charge in [0.2, 0.25) is 0 Å². The van der Waals surface area contributed by atoms with Gasteiger partial charge in [-0.3, -0.25) is 0 Å². The monoisotopic (exact) mass is 277 g/mol. The maximum Gasteiger partial charge on any atom is 0.355 e. The van der Waals surface area contributed by atoms with Crippen LogP contribution in [0.3, 0.4) is 0 Å². The minimum Gasteiger partial charge on any atom is -0.476 e. The van der Waals surface area contributed by atoms with E-state index in [1.165, 1.54) is 11.3 Å². The van der Waals surface area contributed by atoms with Gasteiger partial charge in [0.25, 0.3) is 0 Å². The van der Waals surface area contributed by atoms with Crippen molar-refractivity contribution in [2.24, 2.45) is 0 Å². The topological polar surface area (TPSA) is 50.2 Å². The molecule has 0 radical (unpaired) electrons. The lowest BCUT2D eigenvalue weighted by molar-refractivity contribution is 0.0690. The van der Waals surface area contributed by atoms with E-state index in [1.54, 1.807) is 0 Å². The Bertz CT molecular complexity index is 325. The van der Waals surface area contributed by atoms with Crippen LogP contribution in [0.15, 0.2) is 3.92 Å². The Hall–Kier alpha value is -0.420. The van der Waals surface area contributed by atoms with Gasteiger partial charge in [0, 0.05) is 4.88 Å².